The summed E-state index contributed by atoms with van der Waals surface area (Å²) in [6.07, 6.45) is 5.05. The van der Waals surface area contributed by atoms with E-state index in [1.54, 1.807) is 0 Å². The van der Waals surface area contributed by atoms with Crippen LogP contribution >= 0.6 is 0 Å². The maximum atomic E-state index is 6.08. The second-order valence-corrected chi connectivity index (χ2v) is 6.48. The molecule has 1 aliphatic rings. The zero-order valence-corrected chi connectivity index (χ0v) is 13.7. The van der Waals surface area contributed by atoms with Crippen molar-refractivity contribution in [3.63, 3.8) is 0 Å². The second kappa shape index (κ2) is 6.57. The minimum absolute atomic E-state index is 0.304. The summed E-state index contributed by atoms with van der Waals surface area (Å²) in [4.78, 5) is 11.6. The number of nitrogens with two attached hydrogens (primary N) is 1. The minimum Gasteiger partial charge on any atom is -0.341 e. The van der Waals surface area contributed by atoms with E-state index in [0.717, 1.165) is 49.6 Å². The van der Waals surface area contributed by atoms with Crippen molar-refractivity contribution in [2.45, 2.75) is 25.3 Å². The molecule has 0 spiro atoms. The van der Waals surface area contributed by atoms with E-state index in [1.807, 2.05) is 12.3 Å². The molecule has 122 valence electrons. The van der Waals surface area contributed by atoms with Gasteiger partial charge in [0.25, 0.3) is 0 Å². The largest absolute Gasteiger partial charge is 0.341 e. The number of hydrogen-bond donors (Lipinski definition) is 1. The van der Waals surface area contributed by atoms with Gasteiger partial charge in [0.15, 0.2) is 0 Å². The number of anilines is 1. The van der Waals surface area contributed by atoms with Gasteiger partial charge in [0, 0.05) is 30.9 Å². The van der Waals surface area contributed by atoms with Gasteiger partial charge in [-0.25, -0.2) is 9.97 Å². The lowest BCUT2D eigenvalue weighted by Crippen LogP contribution is -2.27. The molecule has 4 heteroatoms. The van der Waals surface area contributed by atoms with Crippen molar-refractivity contribution >= 4 is 16.7 Å². The van der Waals surface area contributed by atoms with Crippen LogP contribution in [0.4, 0.5) is 5.95 Å². The average molecular weight is 318 g/mol. The van der Waals surface area contributed by atoms with Crippen molar-refractivity contribution in [1.82, 2.24) is 9.97 Å². The Kier molecular flexibility index (Phi) is 4.13. The predicted octanol–water partition coefficient (Wildman–Crippen LogP) is 3.61. The molecule has 1 aromatic heterocycles. The van der Waals surface area contributed by atoms with Crippen molar-refractivity contribution < 1.29 is 0 Å². The van der Waals surface area contributed by atoms with E-state index in [2.05, 4.69) is 52.3 Å². The third-order valence-electron chi connectivity index (χ3n) is 4.74. The van der Waals surface area contributed by atoms with Gasteiger partial charge < -0.3 is 10.6 Å². The summed E-state index contributed by atoms with van der Waals surface area (Å²) < 4.78 is 0. The molecule has 2 N–H and O–H groups in total. The molecule has 1 fully saturated rings. The standard InChI is InChI=1S/C20H22N4/c21-18-6-3-12-24(13-10-18)20-22-11-9-19(23-20)17-8-7-15-4-1-2-5-16(15)14-17/h1-2,4-5,7-9,11,14,18H,3,6,10,12-13,21H2. The van der Waals surface area contributed by atoms with Crippen molar-refractivity contribution in [3.05, 3.63) is 54.7 Å². The first-order valence-corrected chi connectivity index (χ1v) is 8.62. The fourth-order valence-electron chi connectivity index (χ4n) is 3.33. The van der Waals surface area contributed by atoms with E-state index in [9.17, 15) is 0 Å². The summed E-state index contributed by atoms with van der Waals surface area (Å²) in [6.45, 7) is 1.91. The first kappa shape index (κ1) is 15.1. The Morgan fingerprint density at radius 2 is 1.83 bits per heavy atom. The van der Waals surface area contributed by atoms with Gasteiger partial charge >= 0.3 is 0 Å². The number of nitrogens with zero attached hydrogens (tertiary/aromatic N) is 3. The normalized spacial score (nSPS) is 18.5. The molecular weight excluding hydrogens is 296 g/mol. The van der Waals surface area contributed by atoms with Gasteiger partial charge in [0.1, 0.15) is 0 Å². The van der Waals surface area contributed by atoms with Crippen LogP contribution in [0.15, 0.2) is 54.7 Å². The topological polar surface area (TPSA) is 55.0 Å². The van der Waals surface area contributed by atoms with Crippen LogP contribution in [0.1, 0.15) is 19.3 Å². The molecule has 4 nitrogen and oxygen atoms in total. The lowest BCUT2D eigenvalue weighted by atomic mass is 10.1. The van der Waals surface area contributed by atoms with Crippen LogP contribution < -0.4 is 10.6 Å². The monoisotopic (exact) mass is 318 g/mol. The molecule has 0 amide bonds. The highest BCUT2D eigenvalue weighted by molar-refractivity contribution is 5.86. The minimum atomic E-state index is 0.304. The molecule has 3 aromatic rings. The summed E-state index contributed by atoms with van der Waals surface area (Å²) in [7, 11) is 0. The number of aromatic nitrogens is 2. The van der Waals surface area contributed by atoms with Crippen LogP contribution in [-0.2, 0) is 0 Å². The fourth-order valence-corrected chi connectivity index (χ4v) is 3.33. The third kappa shape index (κ3) is 3.10. The quantitative estimate of drug-likeness (QED) is 0.784. The van der Waals surface area contributed by atoms with Gasteiger partial charge in [-0.3, -0.25) is 0 Å². The van der Waals surface area contributed by atoms with E-state index in [1.165, 1.54) is 10.8 Å². The summed E-state index contributed by atoms with van der Waals surface area (Å²) in [6, 6.07) is 17.2. The van der Waals surface area contributed by atoms with Crippen LogP contribution in [0.5, 0.6) is 0 Å². The molecule has 0 aliphatic carbocycles. The molecule has 1 saturated heterocycles. The molecule has 24 heavy (non-hydrogen) atoms. The van der Waals surface area contributed by atoms with Crippen LogP contribution in [0.2, 0.25) is 0 Å². The van der Waals surface area contributed by atoms with E-state index in [-0.39, 0.29) is 0 Å². The van der Waals surface area contributed by atoms with Crippen molar-refractivity contribution in [1.29, 1.82) is 0 Å². The van der Waals surface area contributed by atoms with E-state index < -0.39 is 0 Å². The Morgan fingerprint density at radius 1 is 0.958 bits per heavy atom. The van der Waals surface area contributed by atoms with Gasteiger partial charge in [-0.1, -0.05) is 36.4 Å². The molecule has 2 heterocycles. The highest BCUT2D eigenvalue weighted by Crippen LogP contribution is 2.24. The van der Waals surface area contributed by atoms with Gasteiger partial charge in [0.05, 0.1) is 5.69 Å². The first-order valence-electron chi connectivity index (χ1n) is 8.62. The van der Waals surface area contributed by atoms with Gasteiger partial charge in [-0.05, 0) is 42.2 Å². The molecule has 1 aliphatic heterocycles. The summed E-state index contributed by atoms with van der Waals surface area (Å²) in [5, 5.41) is 2.48. The molecule has 4 rings (SSSR count). The first-order chi connectivity index (χ1) is 11.8. The SMILES string of the molecule is NC1CCCN(c2nccc(-c3ccc4ccccc4c3)n2)CC1. The van der Waals surface area contributed by atoms with Gasteiger partial charge in [-0.15, -0.1) is 0 Å². The summed E-state index contributed by atoms with van der Waals surface area (Å²) in [5.41, 5.74) is 8.18. The maximum absolute atomic E-state index is 6.08. The van der Waals surface area contributed by atoms with Crippen molar-refractivity contribution in [2.24, 2.45) is 5.73 Å². The Labute approximate surface area is 142 Å². The molecule has 0 bridgehead atoms. The van der Waals surface area contributed by atoms with Crippen molar-refractivity contribution in [2.75, 3.05) is 18.0 Å². The van der Waals surface area contributed by atoms with Crippen molar-refractivity contribution in [3.8, 4) is 11.3 Å². The fraction of sp³-hybridized carbons (Fsp3) is 0.300. The molecule has 0 saturated carbocycles. The molecule has 0 radical (unpaired) electrons. The number of hydrogen-bond acceptors (Lipinski definition) is 4. The maximum Gasteiger partial charge on any atom is 0.225 e. The Morgan fingerprint density at radius 3 is 2.75 bits per heavy atom. The molecular formula is C20H22N4. The lowest BCUT2D eigenvalue weighted by Gasteiger charge is -2.20. The van der Waals surface area contributed by atoms with E-state index in [4.69, 9.17) is 10.7 Å². The molecule has 1 unspecified atom stereocenters. The van der Waals surface area contributed by atoms with Crippen LogP contribution in [0, 0.1) is 0 Å². The van der Waals surface area contributed by atoms with Gasteiger partial charge in [-0.2, -0.15) is 0 Å². The molecule has 2 aromatic carbocycles. The Hall–Kier alpha value is -2.46. The zero-order chi connectivity index (χ0) is 16.4. The number of rotatable bonds is 2. The number of fused-ring (bicyclic) bond motifs is 1. The van der Waals surface area contributed by atoms with E-state index in [0.29, 0.717) is 6.04 Å². The average Bonchev–Trinajstić information content (AvgIpc) is 2.86. The highest BCUT2D eigenvalue weighted by atomic mass is 15.2. The Bertz CT molecular complexity index is 846. The van der Waals surface area contributed by atoms with E-state index >= 15 is 0 Å². The zero-order valence-electron chi connectivity index (χ0n) is 13.7. The van der Waals surface area contributed by atoms with Crippen LogP contribution in [0.3, 0.4) is 0 Å². The summed E-state index contributed by atoms with van der Waals surface area (Å²) in [5.74, 6) is 0.815. The van der Waals surface area contributed by atoms with Crippen LogP contribution in [-0.4, -0.2) is 29.1 Å². The smallest absolute Gasteiger partial charge is 0.225 e. The summed E-state index contributed by atoms with van der Waals surface area (Å²) >= 11 is 0. The predicted molar refractivity (Wildman–Crippen MR) is 99.0 cm³/mol. The molecule has 1 atom stereocenters. The lowest BCUT2D eigenvalue weighted by molar-refractivity contribution is 0.601. The third-order valence-corrected chi connectivity index (χ3v) is 4.74. The highest BCUT2D eigenvalue weighted by Gasteiger charge is 2.16. The van der Waals surface area contributed by atoms with Crippen LogP contribution in [0.25, 0.3) is 22.0 Å². The number of benzene rings is 2. The van der Waals surface area contributed by atoms with Gasteiger partial charge in [0.2, 0.25) is 5.95 Å². The second-order valence-electron chi connectivity index (χ2n) is 6.48. The Balaban J connectivity index is 1.66.